The van der Waals surface area contributed by atoms with Crippen LogP contribution in [0.1, 0.15) is 239 Å². The number of unbranched alkanes of at least 4 members (excludes halogenated alkanes) is 18. The van der Waals surface area contributed by atoms with E-state index in [2.05, 4.69) is 154 Å². The van der Waals surface area contributed by atoms with Crippen molar-refractivity contribution in [1.29, 1.82) is 0 Å². The Kier molecular flexibility index (Phi) is 56.0. The third-order valence-corrected chi connectivity index (χ3v) is 11.7. The number of rotatable bonds is 51. The van der Waals surface area contributed by atoms with E-state index in [-0.39, 0.29) is 25.2 Å². The van der Waals surface area contributed by atoms with Crippen molar-refractivity contribution in [2.24, 2.45) is 0 Å². The summed E-state index contributed by atoms with van der Waals surface area (Å²) in [7, 11) is 0. The van der Waals surface area contributed by atoms with Crippen LogP contribution in [-0.2, 0) is 23.8 Å². The highest BCUT2D eigenvalue weighted by Crippen LogP contribution is 2.15. The lowest BCUT2D eigenvalue weighted by Crippen LogP contribution is -2.30. The Morgan fingerprint density at radius 1 is 0.329 bits per heavy atom. The molecule has 0 aromatic carbocycles. The molecule has 1 unspecified atom stereocenters. The minimum Gasteiger partial charge on any atom is -0.462 e. The van der Waals surface area contributed by atoms with E-state index in [9.17, 15) is 9.59 Å². The zero-order valence-corrected chi connectivity index (χ0v) is 45.5. The van der Waals surface area contributed by atoms with Crippen LogP contribution in [0.15, 0.2) is 134 Å². The Morgan fingerprint density at radius 2 is 0.643 bits per heavy atom. The third kappa shape index (κ3) is 56.6. The van der Waals surface area contributed by atoms with Gasteiger partial charge in [0.15, 0.2) is 6.10 Å². The number of hydrogen-bond donors (Lipinski definition) is 0. The predicted octanol–water partition coefficient (Wildman–Crippen LogP) is 19.9. The summed E-state index contributed by atoms with van der Waals surface area (Å²) in [5.74, 6) is -0.499. The maximum absolute atomic E-state index is 12.9. The van der Waals surface area contributed by atoms with Gasteiger partial charge in [-0.25, -0.2) is 0 Å². The van der Waals surface area contributed by atoms with Crippen molar-refractivity contribution in [3.05, 3.63) is 134 Å². The molecule has 0 radical (unpaired) electrons. The summed E-state index contributed by atoms with van der Waals surface area (Å²) >= 11 is 0. The van der Waals surface area contributed by atoms with Crippen molar-refractivity contribution in [2.75, 3.05) is 19.8 Å². The molecule has 0 saturated carbocycles. The quantitative estimate of drug-likeness (QED) is 0.0345. The van der Waals surface area contributed by atoms with Crippen molar-refractivity contribution in [3.63, 3.8) is 0 Å². The summed E-state index contributed by atoms with van der Waals surface area (Å²) in [6.45, 7) is 7.40. The standard InChI is InChI=1S/C65H106O5/c1-4-7-10-13-16-19-22-25-28-31-32-33-36-39-42-45-48-51-54-57-60-68-61-63(70-65(67)59-56-53-50-47-44-41-38-35-30-27-24-21-18-15-12-9-6-3)62-69-64(66)58-55-52-49-46-43-40-37-34-29-26-23-20-17-14-11-8-5-2/h7-8,10-11,16-17,19-20,25-26,28-29,32-33,37,39-40,42,46,48-49,51,63H,4-6,9,12-15,18,21-24,27,30-31,34-36,38,41,43-45,47,50,52-62H2,1-3H3/b10-7-,11-8-,19-16-,20-17-,28-25-,29-26-,33-32-,40-37-,42-39-,49-46-,51-48-. The van der Waals surface area contributed by atoms with E-state index in [1.807, 2.05) is 0 Å². The molecule has 70 heavy (non-hydrogen) atoms. The van der Waals surface area contributed by atoms with Gasteiger partial charge < -0.3 is 14.2 Å². The first kappa shape index (κ1) is 66.0. The van der Waals surface area contributed by atoms with E-state index in [4.69, 9.17) is 14.2 Å². The smallest absolute Gasteiger partial charge is 0.306 e. The van der Waals surface area contributed by atoms with Crippen molar-refractivity contribution < 1.29 is 23.8 Å². The van der Waals surface area contributed by atoms with Gasteiger partial charge in [-0.3, -0.25) is 9.59 Å². The molecule has 5 nitrogen and oxygen atoms in total. The Balaban J connectivity index is 4.48. The second kappa shape index (κ2) is 59.3. The molecule has 0 spiro atoms. The van der Waals surface area contributed by atoms with Crippen molar-refractivity contribution in [3.8, 4) is 0 Å². The monoisotopic (exact) mass is 967 g/mol. The Labute approximate surface area is 432 Å². The number of hydrogen-bond acceptors (Lipinski definition) is 5. The summed E-state index contributed by atoms with van der Waals surface area (Å²) in [6, 6.07) is 0. The maximum atomic E-state index is 12.9. The number of esters is 2. The van der Waals surface area contributed by atoms with Crippen molar-refractivity contribution in [1.82, 2.24) is 0 Å². The maximum Gasteiger partial charge on any atom is 0.306 e. The zero-order chi connectivity index (χ0) is 50.6. The summed E-state index contributed by atoms with van der Waals surface area (Å²) in [4.78, 5) is 25.5. The fourth-order valence-corrected chi connectivity index (χ4v) is 7.50. The fourth-order valence-electron chi connectivity index (χ4n) is 7.50. The Bertz CT molecular complexity index is 1470. The molecule has 0 aromatic heterocycles. The number of allylic oxidation sites excluding steroid dienone is 22. The van der Waals surface area contributed by atoms with Crippen LogP contribution < -0.4 is 0 Å². The average molecular weight is 968 g/mol. The first-order valence-electron chi connectivity index (χ1n) is 28.7. The van der Waals surface area contributed by atoms with Crippen LogP contribution in [0.4, 0.5) is 0 Å². The first-order chi connectivity index (χ1) is 34.6. The van der Waals surface area contributed by atoms with Crippen LogP contribution in [0.5, 0.6) is 0 Å². The molecule has 0 aromatic rings. The lowest BCUT2D eigenvalue weighted by molar-refractivity contribution is -0.162. The van der Waals surface area contributed by atoms with Crippen LogP contribution in [0.25, 0.3) is 0 Å². The molecule has 0 aliphatic carbocycles. The zero-order valence-electron chi connectivity index (χ0n) is 45.5. The second-order valence-corrected chi connectivity index (χ2v) is 18.4. The first-order valence-corrected chi connectivity index (χ1v) is 28.7. The Morgan fingerprint density at radius 3 is 1.01 bits per heavy atom. The van der Waals surface area contributed by atoms with Gasteiger partial charge in [-0.15, -0.1) is 0 Å². The molecule has 396 valence electrons. The van der Waals surface area contributed by atoms with E-state index >= 15 is 0 Å². The van der Waals surface area contributed by atoms with Crippen LogP contribution >= 0.6 is 0 Å². The van der Waals surface area contributed by atoms with Gasteiger partial charge in [0, 0.05) is 19.4 Å². The van der Waals surface area contributed by atoms with Gasteiger partial charge in [0.25, 0.3) is 0 Å². The SMILES string of the molecule is CC/C=C\C/C=C\C/C=C\C/C=C\C/C=C\C/C=C\CCCOCC(COC(=O)CCC/C=C\C/C=C\C/C=C\C/C=C\C/C=C\CC)OC(=O)CCCCCCCCCCCCCCCCCCC. The fraction of sp³-hybridized carbons (Fsp3) is 0.631. The van der Waals surface area contributed by atoms with E-state index in [0.717, 1.165) is 116 Å². The summed E-state index contributed by atoms with van der Waals surface area (Å²) in [5, 5.41) is 0. The van der Waals surface area contributed by atoms with Crippen molar-refractivity contribution >= 4 is 11.9 Å². The van der Waals surface area contributed by atoms with E-state index < -0.39 is 6.10 Å². The van der Waals surface area contributed by atoms with E-state index in [0.29, 0.717) is 19.4 Å². The summed E-state index contributed by atoms with van der Waals surface area (Å²) in [5.41, 5.74) is 0. The Hall–Kier alpha value is -3.96. The highest BCUT2D eigenvalue weighted by atomic mass is 16.6. The average Bonchev–Trinajstić information content (AvgIpc) is 3.36. The van der Waals surface area contributed by atoms with Gasteiger partial charge in [-0.1, -0.05) is 257 Å². The summed E-state index contributed by atoms with van der Waals surface area (Å²) < 4.78 is 17.4. The number of carbonyl (C=O) groups is 2. The molecular formula is C65H106O5. The molecule has 0 aliphatic rings. The highest BCUT2D eigenvalue weighted by molar-refractivity contribution is 5.70. The second-order valence-electron chi connectivity index (χ2n) is 18.4. The topological polar surface area (TPSA) is 61.8 Å². The molecule has 1 atom stereocenters. The molecule has 0 N–H and O–H groups in total. The minimum absolute atomic E-state index is 0.0262. The molecule has 0 fully saturated rings. The normalized spacial score (nSPS) is 13.2. The van der Waals surface area contributed by atoms with Gasteiger partial charge in [-0.05, 0) is 103 Å². The van der Waals surface area contributed by atoms with Crippen LogP contribution in [-0.4, -0.2) is 37.9 Å². The molecule has 0 aliphatic heterocycles. The molecule has 0 heterocycles. The molecule has 5 heteroatoms. The van der Waals surface area contributed by atoms with Gasteiger partial charge in [0.2, 0.25) is 0 Å². The van der Waals surface area contributed by atoms with Crippen LogP contribution in [0.2, 0.25) is 0 Å². The van der Waals surface area contributed by atoms with Crippen LogP contribution in [0, 0.1) is 0 Å². The van der Waals surface area contributed by atoms with E-state index in [1.54, 1.807) is 0 Å². The predicted molar refractivity (Wildman–Crippen MR) is 306 cm³/mol. The number of ether oxygens (including phenoxy) is 3. The molecular weight excluding hydrogens is 861 g/mol. The minimum atomic E-state index is -0.598. The van der Waals surface area contributed by atoms with Gasteiger partial charge >= 0.3 is 11.9 Å². The van der Waals surface area contributed by atoms with Crippen LogP contribution in [0.3, 0.4) is 0 Å². The summed E-state index contributed by atoms with van der Waals surface area (Å²) in [6.07, 6.45) is 84.9. The molecule has 0 bridgehead atoms. The van der Waals surface area contributed by atoms with Gasteiger partial charge in [0.1, 0.15) is 6.61 Å². The van der Waals surface area contributed by atoms with Crippen molar-refractivity contribution in [2.45, 2.75) is 245 Å². The van der Waals surface area contributed by atoms with Gasteiger partial charge in [-0.2, -0.15) is 0 Å². The lowest BCUT2D eigenvalue weighted by atomic mass is 10.0. The largest absolute Gasteiger partial charge is 0.462 e. The molecule has 0 amide bonds. The molecule has 0 rings (SSSR count). The third-order valence-electron chi connectivity index (χ3n) is 11.7. The number of carbonyl (C=O) groups excluding carboxylic acids is 2. The molecule has 0 saturated heterocycles. The van der Waals surface area contributed by atoms with E-state index in [1.165, 1.54) is 89.9 Å². The highest BCUT2D eigenvalue weighted by Gasteiger charge is 2.17. The van der Waals surface area contributed by atoms with Gasteiger partial charge in [0.05, 0.1) is 6.61 Å². The lowest BCUT2D eigenvalue weighted by Gasteiger charge is -2.18.